The van der Waals surface area contributed by atoms with Crippen molar-refractivity contribution in [1.29, 1.82) is 0 Å². The first-order chi connectivity index (χ1) is 12.2. The average molecular weight is 378 g/mol. The summed E-state index contributed by atoms with van der Waals surface area (Å²) < 4.78 is 11.1. The summed E-state index contributed by atoms with van der Waals surface area (Å²) in [6.45, 7) is 2.10. The van der Waals surface area contributed by atoms with E-state index in [2.05, 4.69) is 21.7 Å². The van der Waals surface area contributed by atoms with E-state index in [-0.39, 0.29) is 6.61 Å². The first-order valence-electron chi connectivity index (χ1n) is 8.01. The van der Waals surface area contributed by atoms with Gasteiger partial charge in [-0.25, -0.2) is 0 Å². The fraction of sp³-hybridized carbons (Fsp3) is 0.263. The van der Waals surface area contributed by atoms with Crippen LogP contribution in [0, 0.1) is 0 Å². The number of benzene rings is 1. The first kappa shape index (κ1) is 18.0. The lowest BCUT2D eigenvalue weighted by Gasteiger charge is -2.24. The van der Waals surface area contributed by atoms with Gasteiger partial charge in [-0.1, -0.05) is 11.6 Å². The molecule has 2 aromatic heterocycles. The number of hydrogen-bond acceptors (Lipinski definition) is 5. The molecule has 3 aromatic rings. The lowest BCUT2D eigenvalue weighted by molar-refractivity contribution is 0.0605. The van der Waals surface area contributed by atoms with Crippen LogP contribution in [0.1, 0.15) is 11.3 Å². The van der Waals surface area contributed by atoms with E-state index in [1.807, 2.05) is 12.1 Å². The molecule has 0 unspecified atom stereocenters. The van der Waals surface area contributed by atoms with Gasteiger partial charge in [0.2, 0.25) is 0 Å². The summed E-state index contributed by atoms with van der Waals surface area (Å²) in [5.41, 5.74) is 1.22. The molecule has 132 valence electrons. The summed E-state index contributed by atoms with van der Waals surface area (Å²) in [6.07, 6.45) is 1.06. The summed E-state index contributed by atoms with van der Waals surface area (Å²) in [6, 6.07) is 13.0. The molecule has 2 heterocycles. The normalized spacial score (nSPS) is 12.4. The summed E-state index contributed by atoms with van der Waals surface area (Å²) in [7, 11) is 0. The monoisotopic (exact) mass is 377 g/mol. The van der Waals surface area contributed by atoms with Gasteiger partial charge in [0.25, 0.3) is 0 Å². The molecule has 0 bridgehead atoms. The van der Waals surface area contributed by atoms with E-state index in [1.165, 1.54) is 5.56 Å². The highest BCUT2D eigenvalue weighted by molar-refractivity contribution is 7.07. The standard InChI is InChI=1S/C19H20ClNO3S/c20-16-3-5-18(6-4-16)24-13-17(22)11-21(10-15-7-9-25-14-15)12-19-2-1-8-23-19/h1-9,14,17,22H,10-13H2/t17-/m1/s1. The highest BCUT2D eigenvalue weighted by Crippen LogP contribution is 2.17. The SMILES string of the molecule is O[C@@H](COc1ccc(Cl)cc1)CN(Cc1ccsc1)Cc1ccco1. The molecular formula is C19H20ClNO3S. The van der Waals surface area contributed by atoms with Gasteiger partial charge >= 0.3 is 0 Å². The van der Waals surface area contributed by atoms with Gasteiger partial charge in [0.1, 0.15) is 24.2 Å². The molecular weight excluding hydrogens is 358 g/mol. The molecule has 0 saturated heterocycles. The van der Waals surface area contributed by atoms with E-state index in [0.717, 1.165) is 12.3 Å². The summed E-state index contributed by atoms with van der Waals surface area (Å²) in [4.78, 5) is 2.15. The fourth-order valence-corrected chi connectivity index (χ4v) is 3.31. The van der Waals surface area contributed by atoms with Crippen molar-refractivity contribution in [2.45, 2.75) is 19.2 Å². The summed E-state index contributed by atoms with van der Waals surface area (Å²) in [5.74, 6) is 1.57. The van der Waals surface area contributed by atoms with Crippen LogP contribution in [0.3, 0.4) is 0 Å². The van der Waals surface area contributed by atoms with Gasteiger partial charge in [0.05, 0.1) is 12.8 Å². The number of ether oxygens (including phenoxy) is 1. The van der Waals surface area contributed by atoms with E-state index in [1.54, 1.807) is 41.9 Å². The highest BCUT2D eigenvalue weighted by atomic mass is 35.5. The molecule has 25 heavy (non-hydrogen) atoms. The Morgan fingerprint density at radius 3 is 2.68 bits per heavy atom. The Bertz CT molecular complexity index is 692. The van der Waals surface area contributed by atoms with Crippen LogP contribution < -0.4 is 4.74 Å². The molecule has 0 spiro atoms. The third kappa shape index (κ3) is 5.90. The largest absolute Gasteiger partial charge is 0.491 e. The van der Waals surface area contributed by atoms with Crippen LogP contribution in [0.15, 0.2) is 63.9 Å². The Morgan fingerprint density at radius 1 is 1.16 bits per heavy atom. The number of aliphatic hydroxyl groups is 1. The van der Waals surface area contributed by atoms with E-state index >= 15 is 0 Å². The lowest BCUT2D eigenvalue weighted by Crippen LogP contribution is -2.34. The van der Waals surface area contributed by atoms with Crippen LogP contribution in [0.2, 0.25) is 5.02 Å². The van der Waals surface area contributed by atoms with Gasteiger partial charge < -0.3 is 14.3 Å². The third-order valence-corrected chi connectivity index (χ3v) is 4.65. The van der Waals surface area contributed by atoms with Gasteiger partial charge in [-0.2, -0.15) is 11.3 Å². The Kier molecular flexibility index (Phi) is 6.53. The smallest absolute Gasteiger partial charge is 0.119 e. The van der Waals surface area contributed by atoms with Crippen molar-refractivity contribution in [1.82, 2.24) is 4.90 Å². The maximum atomic E-state index is 10.4. The van der Waals surface area contributed by atoms with Crippen LogP contribution in [-0.2, 0) is 13.1 Å². The second kappa shape index (κ2) is 9.06. The molecule has 1 N–H and O–H groups in total. The van der Waals surface area contributed by atoms with Crippen LogP contribution in [0.25, 0.3) is 0 Å². The topological polar surface area (TPSA) is 45.8 Å². The van der Waals surface area contributed by atoms with Gasteiger partial charge in [-0.3, -0.25) is 4.90 Å². The number of furan rings is 1. The van der Waals surface area contributed by atoms with E-state index < -0.39 is 6.10 Å². The zero-order valence-corrected chi connectivity index (χ0v) is 15.2. The molecule has 0 aliphatic rings. The molecule has 0 radical (unpaired) electrons. The second-order valence-corrected chi connectivity index (χ2v) is 7.02. The predicted molar refractivity (Wildman–Crippen MR) is 100 cm³/mol. The average Bonchev–Trinajstić information content (AvgIpc) is 3.28. The minimum Gasteiger partial charge on any atom is -0.491 e. The number of halogens is 1. The minimum absolute atomic E-state index is 0.222. The number of hydrogen-bond donors (Lipinski definition) is 1. The minimum atomic E-state index is -0.607. The molecule has 0 amide bonds. The van der Waals surface area contributed by atoms with Crippen LogP contribution >= 0.6 is 22.9 Å². The number of thiophene rings is 1. The summed E-state index contributed by atoms with van der Waals surface area (Å²) >= 11 is 7.53. The van der Waals surface area contributed by atoms with Crippen molar-refractivity contribution < 1.29 is 14.3 Å². The van der Waals surface area contributed by atoms with Crippen molar-refractivity contribution in [3.8, 4) is 5.75 Å². The third-order valence-electron chi connectivity index (χ3n) is 3.67. The van der Waals surface area contributed by atoms with Crippen molar-refractivity contribution >= 4 is 22.9 Å². The Balaban J connectivity index is 1.55. The van der Waals surface area contributed by atoms with Crippen LogP contribution in [-0.4, -0.2) is 29.3 Å². The Labute approximate surface area is 156 Å². The molecule has 0 aliphatic heterocycles. The maximum absolute atomic E-state index is 10.4. The maximum Gasteiger partial charge on any atom is 0.119 e. The van der Waals surface area contributed by atoms with E-state index in [9.17, 15) is 5.11 Å². The number of rotatable bonds is 9. The Hall–Kier alpha value is -1.79. The number of aliphatic hydroxyl groups excluding tert-OH is 1. The second-order valence-electron chi connectivity index (χ2n) is 5.80. The molecule has 6 heteroatoms. The molecule has 1 aromatic carbocycles. The quantitative estimate of drug-likeness (QED) is 0.599. The fourth-order valence-electron chi connectivity index (χ4n) is 2.52. The molecule has 0 aliphatic carbocycles. The molecule has 4 nitrogen and oxygen atoms in total. The van der Waals surface area contributed by atoms with E-state index in [4.69, 9.17) is 20.8 Å². The van der Waals surface area contributed by atoms with Gasteiger partial charge in [-0.05, 0) is 58.8 Å². The van der Waals surface area contributed by atoms with Crippen molar-refractivity contribution in [2.24, 2.45) is 0 Å². The molecule has 0 fully saturated rings. The Morgan fingerprint density at radius 2 is 2.00 bits per heavy atom. The van der Waals surface area contributed by atoms with Crippen LogP contribution in [0.5, 0.6) is 5.75 Å². The highest BCUT2D eigenvalue weighted by Gasteiger charge is 2.15. The zero-order chi connectivity index (χ0) is 17.5. The summed E-state index contributed by atoms with van der Waals surface area (Å²) in [5, 5.41) is 15.2. The van der Waals surface area contributed by atoms with Crippen molar-refractivity contribution in [3.05, 3.63) is 75.8 Å². The molecule has 1 atom stereocenters. The molecule has 0 saturated carbocycles. The number of nitrogens with zero attached hydrogens (tertiary/aromatic N) is 1. The predicted octanol–water partition coefficient (Wildman–Crippen LogP) is 4.44. The lowest BCUT2D eigenvalue weighted by atomic mass is 10.2. The van der Waals surface area contributed by atoms with Gasteiger partial charge in [0.15, 0.2) is 0 Å². The van der Waals surface area contributed by atoms with Gasteiger partial charge in [-0.15, -0.1) is 0 Å². The van der Waals surface area contributed by atoms with Crippen molar-refractivity contribution in [2.75, 3.05) is 13.2 Å². The van der Waals surface area contributed by atoms with Crippen molar-refractivity contribution in [3.63, 3.8) is 0 Å². The first-order valence-corrected chi connectivity index (χ1v) is 9.33. The van der Waals surface area contributed by atoms with Crippen LogP contribution in [0.4, 0.5) is 0 Å². The molecule has 3 rings (SSSR count). The van der Waals surface area contributed by atoms with Gasteiger partial charge in [0, 0.05) is 18.1 Å². The van der Waals surface area contributed by atoms with E-state index in [0.29, 0.717) is 23.9 Å². The zero-order valence-electron chi connectivity index (χ0n) is 13.7.